The predicted molar refractivity (Wildman–Crippen MR) is 87.2 cm³/mol. The Kier molecular flexibility index (Phi) is 5.35. The fourth-order valence-corrected chi connectivity index (χ4v) is 3.36. The lowest BCUT2D eigenvalue weighted by Crippen LogP contribution is -2.46. The van der Waals surface area contributed by atoms with Gasteiger partial charge in [-0.1, -0.05) is 12.1 Å². The molecule has 6 nitrogen and oxygen atoms in total. The van der Waals surface area contributed by atoms with Gasteiger partial charge in [-0.15, -0.1) is 0 Å². The highest BCUT2D eigenvalue weighted by atomic mass is 16.5. The Morgan fingerprint density at radius 3 is 2.75 bits per heavy atom. The number of nitrogens with zero attached hydrogens (tertiary/aromatic N) is 1. The van der Waals surface area contributed by atoms with E-state index < -0.39 is 5.97 Å². The van der Waals surface area contributed by atoms with Crippen LogP contribution in [0.1, 0.15) is 30.4 Å². The van der Waals surface area contributed by atoms with Crippen LogP contribution in [-0.2, 0) is 27.2 Å². The van der Waals surface area contributed by atoms with E-state index >= 15 is 0 Å². The number of aliphatic carboxylic acids is 1. The number of carbonyl (C=O) groups excluding carboxylic acids is 1. The van der Waals surface area contributed by atoms with Crippen molar-refractivity contribution in [3.05, 3.63) is 29.3 Å². The summed E-state index contributed by atoms with van der Waals surface area (Å²) >= 11 is 0. The van der Waals surface area contributed by atoms with Crippen molar-refractivity contribution in [1.29, 1.82) is 0 Å². The molecule has 1 N–H and O–H groups in total. The number of rotatable bonds is 5. The van der Waals surface area contributed by atoms with Gasteiger partial charge in [-0.3, -0.25) is 9.59 Å². The zero-order valence-corrected chi connectivity index (χ0v) is 13.7. The predicted octanol–water partition coefficient (Wildman–Crippen LogP) is 1.65. The normalized spacial score (nSPS) is 17.7. The largest absolute Gasteiger partial charge is 0.493 e. The SMILES string of the molecule is O=C(O)CN(C(=O)Cc1ccc2c(c1)CCCO2)C1CCOCC1. The lowest BCUT2D eigenvalue weighted by atomic mass is 10.0. The molecule has 1 fully saturated rings. The monoisotopic (exact) mass is 333 g/mol. The molecular weight excluding hydrogens is 310 g/mol. The van der Waals surface area contributed by atoms with Gasteiger partial charge in [0.15, 0.2) is 0 Å². The molecule has 2 heterocycles. The van der Waals surface area contributed by atoms with Gasteiger partial charge in [0.1, 0.15) is 12.3 Å². The lowest BCUT2D eigenvalue weighted by molar-refractivity contribution is -0.147. The number of fused-ring (bicyclic) bond motifs is 1. The summed E-state index contributed by atoms with van der Waals surface area (Å²) in [6.07, 6.45) is 3.54. The Balaban J connectivity index is 1.71. The maximum Gasteiger partial charge on any atom is 0.323 e. The van der Waals surface area contributed by atoms with Gasteiger partial charge in [-0.2, -0.15) is 0 Å². The number of hydrogen-bond donors (Lipinski definition) is 1. The number of carboxylic acids is 1. The minimum absolute atomic E-state index is 0.0525. The average Bonchev–Trinajstić information content (AvgIpc) is 2.60. The molecular formula is C18H23NO5. The highest BCUT2D eigenvalue weighted by Gasteiger charge is 2.27. The van der Waals surface area contributed by atoms with Crippen molar-refractivity contribution in [1.82, 2.24) is 4.90 Å². The highest BCUT2D eigenvalue weighted by molar-refractivity contribution is 5.83. The Morgan fingerprint density at radius 1 is 1.21 bits per heavy atom. The molecule has 2 aliphatic rings. The van der Waals surface area contributed by atoms with Crippen molar-refractivity contribution in [2.45, 2.75) is 38.1 Å². The van der Waals surface area contributed by atoms with E-state index in [1.165, 1.54) is 4.90 Å². The molecule has 0 unspecified atom stereocenters. The third-order valence-electron chi connectivity index (χ3n) is 4.59. The molecule has 24 heavy (non-hydrogen) atoms. The number of benzene rings is 1. The van der Waals surface area contributed by atoms with Crippen LogP contribution in [0.2, 0.25) is 0 Å². The van der Waals surface area contributed by atoms with Gasteiger partial charge in [0, 0.05) is 19.3 Å². The Morgan fingerprint density at radius 2 is 2.00 bits per heavy atom. The summed E-state index contributed by atoms with van der Waals surface area (Å²) in [5.41, 5.74) is 2.04. The number of carboxylic acid groups (broad SMARTS) is 1. The second-order valence-electron chi connectivity index (χ2n) is 6.33. The van der Waals surface area contributed by atoms with Gasteiger partial charge in [0.2, 0.25) is 5.91 Å². The summed E-state index contributed by atoms with van der Waals surface area (Å²) in [5, 5.41) is 9.15. The van der Waals surface area contributed by atoms with Crippen LogP contribution in [0.15, 0.2) is 18.2 Å². The van der Waals surface area contributed by atoms with E-state index in [-0.39, 0.29) is 24.9 Å². The standard InChI is InChI=1S/C18H23NO5/c20-17(19(12-18(21)22)15-5-8-23-9-6-15)11-13-3-4-16-14(10-13)2-1-7-24-16/h3-4,10,15H,1-2,5-9,11-12H2,(H,21,22). The van der Waals surface area contributed by atoms with E-state index in [1.807, 2.05) is 18.2 Å². The van der Waals surface area contributed by atoms with Crippen LogP contribution in [0.4, 0.5) is 0 Å². The number of hydrogen-bond acceptors (Lipinski definition) is 4. The fourth-order valence-electron chi connectivity index (χ4n) is 3.36. The molecule has 1 aromatic rings. The van der Waals surface area contributed by atoms with Crippen LogP contribution in [0, 0.1) is 0 Å². The van der Waals surface area contributed by atoms with Crippen LogP contribution < -0.4 is 4.74 Å². The summed E-state index contributed by atoms with van der Waals surface area (Å²) in [6, 6.07) is 5.76. The van der Waals surface area contributed by atoms with Crippen molar-refractivity contribution in [3.8, 4) is 5.75 Å². The van der Waals surface area contributed by atoms with Gasteiger partial charge in [-0.05, 0) is 42.9 Å². The van der Waals surface area contributed by atoms with Crippen LogP contribution in [-0.4, -0.2) is 54.3 Å². The Labute approximate surface area is 141 Å². The molecule has 1 aromatic carbocycles. The van der Waals surface area contributed by atoms with E-state index in [0.717, 1.165) is 36.3 Å². The first kappa shape index (κ1) is 16.8. The van der Waals surface area contributed by atoms with Crippen LogP contribution in [0.25, 0.3) is 0 Å². The Bertz CT molecular complexity index is 609. The van der Waals surface area contributed by atoms with Crippen molar-refractivity contribution in [2.24, 2.45) is 0 Å². The molecule has 0 aromatic heterocycles. The number of amides is 1. The molecule has 6 heteroatoms. The van der Waals surface area contributed by atoms with Crippen LogP contribution >= 0.6 is 0 Å². The van der Waals surface area contributed by atoms with Crippen LogP contribution in [0.3, 0.4) is 0 Å². The summed E-state index contributed by atoms with van der Waals surface area (Å²) in [7, 11) is 0. The van der Waals surface area contributed by atoms with Gasteiger partial charge in [-0.25, -0.2) is 0 Å². The number of aryl methyl sites for hydroxylation is 1. The molecule has 0 aliphatic carbocycles. The second-order valence-corrected chi connectivity index (χ2v) is 6.33. The van der Waals surface area contributed by atoms with E-state index in [1.54, 1.807) is 0 Å². The number of carbonyl (C=O) groups is 2. The smallest absolute Gasteiger partial charge is 0.323 e. The molecule has 1 amide bonds. The lowest BCUT2D eigenvalue weighted by Gasteiger charge is -2.33. The molecule has 2 aliphatic heterocycles. The molecule has 0 atom stereocenters. The first-order valence-corrected chi connectivity index (χ1v) is 8.47. The quantitative estimate of drug-likeness (QED) is 0.887. The van der Waals surface area contributed by atoms with Gasteiger partial charge in [0.05, 0.1) is 13.0 Å². The fraction of sp³-hybridized carbons (Fsp3) is 0.556. The first-order chi connectivity index (χ1) is 11.6. The third-order valence-corrected chi connectivity index (χ3v) is 4.59. The minimum Gasteiger partial charge on any atom is -0.493 e. The van der Waals surface area contributed by atoms with E-state index in [2.05, 4.69) is 0 Å². The van der Waals surface area contributed by atoms with Crippen LogP contribution in [0.5, 0.6) is 5.75 Å². The summed E-state index contributed by atoms with van der Waals surface area (Å²) in [6.45, 7) is 1.63. The Hall–Kier alpha value is -2.08. The molecule has 0 spiro atoms. The number of ether oxygens (including phenoxy) is 2. The third kappa shape index (κ3) is 4.06. The molecule has 0 radical (unpaired) electrons. The van der Waals surface area contributed by atoms with E-state index in [9.17, 15) is 9.59 Å². The summed E-state index contributed by atoms with van der Waals surface area (Å²) in [5.74, 6) is -0.223. The zero-order chi connectivity index (χ0) is 16.9. The van der Waals surface area contributed by atoms with Crippen molar-refractivity contribution in [3.63, 3.8) is 0 Å². The molecule has 1 saturated heterocycles. The maximum absolute atomic E-state index is 12.7. The molecule has 3 rings (SSSR count). The first-order valence-electron chi connectivity index (χ1n) is 8.47. The average molecular weight is 333 g/mol. The van der Waals surface area contributed by atoms with E-state index in [0.29, 0.717) is 26.1 Å². The zero-order valence-electron chi connectivity index (χ0n) is 13.7. The van der Waals surface area contributed by atoms with E-state index in [4.69, 9.17) is 14.6 Å². The second kappa shape index (κ2) is 7.66. The highest BCUT2D eigenvalue weighted by Crippen LogP contribution is 2.26. The summed E-state index contributed by atoms with van der Waals surface area (Å²) in [4.78, 5) is 25.4. The van der Waals surface area contributed by atoms with Gasteiger partial charge in [0.25, 0.3) is 0 Å². The van der Waals surface area contributed by atoms with Gasteiger partial charge >= 0.3 is 5.97 Å². The molecule has 0 saturated carbocycles. The molecule has 0 bridgehead atoms. The minimum atomic E-state index is -0.978. The molecule has 130 valence electrons. The summed E-state index contributed by atoms with van der Waals surface area (Å²) < 4.78 is 10.9. The maximum atomic E-state index is 12.7. The van der Waals surface area contributed by atoms with Gasteiger partial charge < -0.3 is 19.5 Å². The van der Waals surface area contributed by atoms with Crippen molar-refractivity contribution < 1.29 is 24.2 Å². The van der Waals surface area contributed by atoms with Crippen molar-refractivity contribution in [2.75, 3.05) is 26.4 Å². The van der Waals surface area contributed by atoms with Crippen molar-refractivity contribution >= 4 is 11.9 Å². The topological polar surface area (TPSA) is 76.1 Å².